The zero-order chi connectivity index (χ0) is 11.6. The highest BCUT2D eigenvalue weighted by Crippen LogP contribution is 2.12. The van der Waals surface area contributed by atoms with E-state index in [1.54, 1.807) is 0 Å². The zero-order valence-corrected chi connectivity index (χ0v) is 9.04. The minimum absolute atomic E-state index is 0.177. The summed E-state index contributed by atoms with van der Waals surface area (Å²) in [7, 11) is -1.92. The Balaban J connectivity index is 3.05. The first kappa shape index (κ1) is 11.7. The summed E-state index contributed by atoms with van der Waals surface area (Å²) in [6.07, 6.45) is 0. The molecule has 0 spiro atoms. The van der Waals surface area contributed by atoms with Crippen LogP contribution in [-0.4, -0.2) is 26.1 Å². The largest absolute Gasteiger partial charge is 0.464 e. The second-order valence-corrected chi connectivity index (χ2v) is 4.31. The number of hydrogen-bond acceptors (Lipinski definition) is 4. The lowest BCUT2D eigenvalue weighted by Gasteiger charge is -2.04. The Kier molecular flexibility index (Phi) is 3.13. The molecule has 0 bridgehead atoms. The second kappa shape index (κ2) is 4.01. The van der Waals surface area contributed by atoms with Crippen molar-refractivity contribution >= 4 is 16.2 Å². The third-order valence-corrected chi connectivity index (χ3v) is 2.58. The van der Waals surface area contributed by atoms with E-state index in [1.807, 2.05) is 0 Å². The molecule has 0 N–H and O–H groups in total. The number of esters is 1. The molecule has 0 aliphatic rings. The Morgan fingerprint density at radius 3 is 2.60 bits per heavy atom. The SMILES string of the molecule is COC(=O)c1ccc(CS(=O)(=O)F)n1C. The summed E-state index contributed by atoms with van der Waals surface area (Å²) < 4.78 is 38.9. The van der Waals surface area contributed by atoms with E-state index in [1.165, 1.54) is 30.9 Å². The van der Waals surface area contributed by atoms with Gasteiger partial charge in [-0.2, -0.15) is 8.42 Å². The molecule has 0 fully saturated rings. The van der Waals surface area contributed by atoms with E-state index in [9.17, 15) is 17.1 Å². The lowest BCUT2D eigenvalue weighted by atomic mass is 10.4. The molecule has 1 heterocycles. The lowest BCUT2D eigenvalue weighted by Crippen LogP contribution is -2.10. The van der Waals surface area contributed by atoms with Crippen molar-refractivity contribution in [2.24, 2.45) is 7.05 Å². The van der Waals surface area contributed by atoms with Gasteiger partial charge in [-0.3, -0.25) is 0 Å². The van der Waals surface area contributed by atoms with Crippen molar-refractivity contribution in [3.8, 4) is 0 Å². The Morgan fingerprint density at radius 1 is 1.53 bits per heavy atom. The van der Waals surface area contributed by atoms with Crippen LogP contribution in [0.2, 0.25) is 0 Å². The topological polar surface area (TPSA) is 65.4 Å². The molecular weight excluding hydrogens is 225 g/mol. The van der Waals surface area contributed by atoms with Crippen molar-refractivity contribution in [2.75, 3.05) is 7.11 Å². The van der Waals surface area contributed by atoms with Crippen molar-refractivity contribution < 1.29 is 21.8 Å². The molecule has 0 atom stereocenters. The third-order valence-electron chi connectivity index (χ3n) is 1.94. The van der Waals surface area contributed by atoms with Gasteiger partial charge in [0.05, 0.1) is 7.11 Å². The highest BCUT2D eigenvalue weighted by Gasteiger charge is 2.17. The van der Waals surface area contributed by atoms with Crippen LogP contribution < -0.4 is 0 Å². The van der Waals surface area contributed by atoms with Gasteiger partial charge in [-0.1, -0.05) is 0 Å². The van der Waals surface area contributed by atoms with Crippen LogP contribution in [0.5, 0.6) is 0 Å². The fraction of sp³-hybridized carbons (Fsp3) is 0.375. The van der Waals surface area contributed by atoms with Crippen molar-refractivity contribution in [3.05, 3.63) is 23.5 Å². The van der Waals surface area contributed by atoms with Crippen molar-refractivity contribution in [2.45, 2.75) is 5.75 Å². The first-order valence-electron chi connectivity index (χ1n) is 4.00. The number of aromatic nitrogens is 1. The van der Waals surface area contributed by atoms with Gasteiger partial charge in [-0.15, -0.1) is 3.89 Å². The molecule has 5 nitrogen and oxygen atoms in total. The third kappa shape index (κ3) is 2.79. The molecule has 0 radical (unpaired) electrons. The van der Waals surface area contributed by atoms with Crippen LogP contribution in [-0.2, 0) is 27.8 Å². The molecule has 0 saturated carbocycles. The van der Waals surface area contributed by atoms with Crippen LogP contribution in [0.15, 0.2) is 12.1 Å². The quantitative estimate of drug-likeness (QED) is 0.568. The van der Waals surface area contributed by atoms with Gasteiger partial charge in [0.25, 0.3) is 0 Å². The molecule has 0 amide bonds. The van der Waals surface area contributed by atoms with Crippen LogP contribution >= 0.6 is 0 Å². The average Bonchev–Trinajstić information content (AvgIpc) is 2.45. The van der Waals surface area contributed by atoms with Crippen LogP contribution in [0.3, 0.4) is 0 Å². The van der Waals surface area contributed by atoms with Gasteiger partial charge < -0.3 is 9.30 Å². The number of carbonyl (C=O) groups is 1. The van der Waals surface area contributed by atoms with Gasteiger partial charge in [0.2, 0.25) is 0 Å². The van der Waals surface area contributed by atoms with Gasteiger partial charge in [0.1, 0.15) is 11.4 Å². The first-order chi connectivity index (χ1) is 6.85. The normalized spacial score (nSPS) is 11.4. The summed E-state index contributed by atoms with van der Waals surface area (Å²) in [5.41, 5.74) is 0.369. The number of hydrogen-bond donors (Lipinski definition) is 0. The maximum absolute atomic E-state index is 12.4. The molecule has 0 saturated heterocycles. The molecule has 1 aromatic rings. The minimum Gasteiger partial charge on any atom is -0.464 e. The molecule has 84 valence electrons. The predicted molar refractivity (Wildman–Crippen MR) is 50.5 cm³/mol. The van der Waals surface area contributed by atoms with E-state index in [4.69, 9.17) is 0 Å². The highest BCUT2D eigenvalue weighted by atomic mass is 32.3. The van der Waals surface area contributed by atoms with E-state index < -0.39 is 21.9 Å². The lowest BCUT2D eigenvalue weighted by molar-refractivity contribution is 0.0589. The van der Waals surface area contributed by atoms with E-state index in [0.717, 1.165) is 0 Å². The Bertz CT molecular complexity index is 477. The number of halogens is 1. The highest BCUT2D eigenvalue weighted by molar-refractivity contribution is 7.85. The fourth-order valence-electron chi connectivity index (χ4n) is 1.18. The zero-order valence-electron chi connectivity index (χ0n) is 8.23. The first-order valence-corrected chi connectivity index (χ1v) is 5.55. The minimum atomic E-state index is -4.59. The number of rotatable bonds is 3. The maximum atomic E-state index is 12.4. The molecule has 1 rings (SSSR count). The maximum Gasteiger partial charge on any atom is 0.354 e. The Labute approximate surface area is 86.7 Å². The Hall–Kier alpha value is -1.37. The van der Waals surface area contributed by atoms with Gasteiger partial charge in [-0.05, 0) is 12.1 Å². The van der Waals surface area contributed by atoms with E-state index in [2.05, 4.69) is 4.74 Å². The average molecular weight is 235 g/mol. The smallest absolute Gasteiger partial charge is 0.354 e. The Morgan fingerprint density at radius 2 is 2.13 bits per heavy atom. The van der Waals surface area contributed by atoms with E-state index in [0.29, 0.717) is 0 Å². The number of methoxy groups -OCH3 is 1. The van der Waals surface area contributed by atoms with E-state index >= 15 is 0 Å². The molecular formula is C8H10FNO4S. The molecule has 1 aromatic heterocycles. The standard InChI is InChI=1S/C8H10FNO4S/c1-10-6(5-15(9,12)13)3-4-7(10)8(11)14-2/h3-4H,5H2,1-2H3. The van der Waals surface area contributed by atoms with Crippen LogP contribution in [0.4, 0.5) is 3.89 Å². The summed E-state index contributed by atoms with van der Waals surface area (Å²) in [5.74, 6) is -1.35. The molecule has 0 aromatic carbocycles. The van der Waals surface area contributed by atoms with Crippen LogP contribution in [0, 0.1) is 0 Å². The van der Waals surface area contributed by atoms with Crippen molar-refractivity contribution in [1.29, 1.82) is 0 Å². The van der Waals surface area contributed by atoms with Crippen LogP contribution in [0.1, 0.15) is 16.2 Å². The summed E-state index contributed by atoms with van der Waals surface area (Å²) in [4.78, 5) is 11.1. The van der Waals surface area contributed by atoms with Crippen LogP contribution in [0.25, 0.3) is 0 Å². The number of nitrogens with zero attached hydrogens (tertiary/aromatic N) is 1. The summed E-state index contributed by atoms with van der Waals surface area (Å²) in [6.45, 7) is 0. The van der Waals surface area contributed by atoms with Crippen molar-refractivity contribution in [1.82, 2.24) is 4.57 Å². The number of carbonyl (C=O) groups excluding carboxylic acids is 1. The van der Waals surface area contributed by atoms with Gasteiger partial charge in [0, 0.05) is 12.7 Å². The fourth-order valence-corrected chi connectivity index (χ4v) is 1.83. The monoisotopic (exact) mass is 235 g/mol. The number of ether oxygens (including phenoxy) is 1. The summed E-state index contributed by atoms with van der Waals surface area (Å²) in [5, 5.41) is 0. The summed E-state index contributed by atoms with van der Waals surface area (Å²) in [6, 6.07) is 2.75. The van der Waals surface area contributed by atoms with Gasteiger partial charge in [0.15, 0.2) is 0 Å². The molecule has 15 heavy (non-hydrogen) atoms. The molecule has 0 aliphatic carbocycles. The molecule has 0 unspecified atom stereocenters. The van der Waals surface area contributed by atoms with Gasteiger partial charge in [-0.25, -0.2) is 4.79 Å². The second-order valence-electron chi connectivity index (χ2n) is 2.94. The van der Waals surface area contributed by atoms with Crippen molar-refractivity contribution in [3.63, 3.8) is 0 Å². The predicted octanol–water partition coefficient (Wildman–Crippen LogP) is 0.611. The summed E-state index contributed by atoms with van der Waals surface area (Å²) >= 11 is 0. The molecule has 0 aliphatic heterocycles. The van der Waals surface area contributed by atoms with E-state index in [-0.39, 0.29) is 11.4 Å². The molecule has 7 heteroatoms. The van der Waals surface area contributed by atoms with Gasteiger partial charge >= 0.3 is 16.2 Å².